The predicted octanol–water partition coefficient (Wildman–Crippen LogP) is 3.03. The molecule has 7 nitrogen and oxygen atoms in total. The number of nitro groups is 1. The van der Waals surface area contributed by atoms with Crippen LogP contribution >= 0.6 is 0 Å². The van der Waals surface area contributed by atoms with E-state index in [0.29, 0.717) is 22.2 Å². The minimum Gasteiger partial charge on any atom is -0.324 e. The van der Waals surface area contributed by atoms with Crippen molar-refractivity contribution in [2.45, 2.75) is 13.5 Å². The largest absolute Gasteiger partial charge is 0.324 e. The molecule has 1 N–H and O–H groups in total. The van der Waals surface area contributed by atoms with E-state index in [1.165, 1.54) is 29.1 Å². The predicted molar refractivity (Wildman–Crippen MR) is 86.2 cm³/mol. The fourth-order valence-electron chi connectivity index (χ4n) is 2.31. The lowest BCUT2D eigenvalue weighted by atomic mass is 10.2. The number of hydrogen-bond acceptors (Lipinski definition) is 4. The van der Waals surface area contributed by atoms with Crippen LogP contribution in [0.5, 0.6) is 0 Å². The van der Waals surface area contributed by atoms with E-state index in [-0.39, 0.29) is 12.2 Å². The number of benzene rings is 2. The molecule has 0 spiro atoms. The van der Waals surface area contributed by atoms with Crippen molar-refractivity contribution in [3.8, 4) is 0 Å². The Bertz CT molecular complexity index is 952. The number of nitro benzene ring substituents is 1. The number of rotatable bonds is 4. The standard InChI is InChI=1S/C16H13FN4O3/c1-10-2-4-12(6-14(10)17)19-16(22)9-20-15-7-13(21(23)24)5-3-11(15)8-18-20/h2-8H,9H2,1H3,(H,19,22). The summed E-state index contributed by atoms with van der Waals surface area (Å²) in [6.45, 7) is 1.49. The third-order valence-corrected chi connectivity index (χ3v) is 3.59. The van der Waals surface area contributed by atoms with E-state index < -0.39 is 16.6 Å². The molecule has 3 rings (SSSR count). The third-order valence-electron chi connectivity index (χ3n) is 3.59. The van der Waals surface area contributed by atoms with E-state index in [9.17, 15) is 19.3 Å². The molecule has 0 unspecified atom stereocenters. The molecule has 1 heterocycles. The van der Waals surface area contributed by atoms with Gasteiger partial charge in [-0.3, -0.25) is 19.6 Å². The lowest BCUT2D eigenvalue weighted by molar-refractivity contribution is -0.384. The molecule has 1 aromatic heterocycles. The van der Waals surface area contributed by atoms with Crippen LogP contribution < -0.4 is 5.32 Å². The van der Waals surface area contributed by atoms with Crippen molar-refractivity contribution in [1.29, 1.82) is 0 Å². The van der Waals surface area contributed by atoms with Crippen LogP contribution in [0.1, 0.15) is 5.56 Å². The Balaban J connectivity index is 1.81. The van der Waals surface area contributed by atoms with Crippen LogP contribution in [0.4, 0.5) is 15.8 Å². The number of aryl methyl sites for hydroxylation is 1. The van der Waals surface area contributed by atoms with E-state index in [2.05, 4.69) is 10.4 Å². The number of non-ortho nitro benzene ring substituents is 1. The van der Waals surface area contributed by atoms with Gasteiger partial charge in [-0.2, -0.15) is 5.10 Å². The van der Waals surface area contributed by atoms with Crippen molar-refractivity contribution < 1.29 is 14.1 Å². The van der Waals surface area contributed by atoms with E-state index in [0.717, 1.165) is 0 Å². The molecule has 2 aromatic carbocycles. The molecule has 0 aliphatic carbocycles. The third kappa shape index (κ3) is 3.07. The zero-order valence-corrected chi connectivity index (χ0v) is 12.7. The van der Waals surface area contributed by atoms with Crippen molar-refractivity contribution >= 4 is 28.2 Å². The quantitative estimate of drug-likeness (QED) is 0.589. The van der Waals surface area contributed by atoms with Crippen molar-refractivity contribution in [3.05, 3.63) is 64.1 Å². The second-order valence-corrected chi connectivity index (χ2v) is 5.31. The first-order chi connectivity index (χ1) is 11.4. The Kier molecular flexibility index (Phi) is 3.95. The van der Waals surface area contributed by atoms with Crippen LogP contribution in [0, 0.1) is 22.9 Å². The average molecular weight is 328 g/mol. The molecule has 0 bridgehead atoms. The summed E-state index contributed by atoms with van der Waals surface area (Å²) < 4.78 is 14.9. The highest BCUT2D eigenvalue weighted by molar-refractivity contribution is 5.92. The zero-order chi connectivity index (χ0) is 17.3. The SMILES string of the molecule is Cc1ccc(NC(=O)Cn2ncc3ccc([N+](=O)[O-])cc32)cc1F. The summed E-state index contributed by atoms with van der Waals surface area (Å²) >= 11 is 0. The van der Waals surface area contributed by atoms with E-state index >= 15 is 0 Å². The normalized spacial score (nSPS) is 10.8. The molecule has 0 atom stereocenters. The molecule has 0 radical (unpaired) electrons. The highest BCUT2D eigenvalue weighted by Crippen LogP contribution is 2.20. The maximum absolute atomic E-state index is 13.5. The van der Waals surface area contributed by atoms with Crippen molar-refractivity contribution in [2.24, 2.45) is 0 Å². The van der Waals surface area contributed by atoms with Gasteiger partial charge in [0.15, 0.2) is 0 Å². The minimum absolute atomic E-state index is 0.0785. The molecule has 1 amide bonds. The highest BCUT2D eigenvalue weighted by Gasteiger charge is 2.12. The molecule has 0 saturated heterocycles. The first-order valence-electron chi connectivity index (χ1n) is 7.10. The highest BCUT2D eigenvalue weighted by atomic mass is 19.1. The number of halogens is 1. The van der Waals surface area contributed by atoms with E-state index in [1.54, 1.807) is 25.1 Å². The van der Waals surface area contributed by atoms with Gasteiger partial charge in [0.05, 0.1) is 16.6 Å². The minimum atomic E-state index is -0.508. The topological polar surface area (TPSA) is 90.1 Å². The van der Waals surface area contributed by atoms with E-state index in [4.69, 9.17) is 0 Å². The summed E-state index contributed by atoms with van der Waals surface area (Å²) in [6.07, 6.45) is 1.53. The molecule has 0 fully saturated rings. The maximum atomic E-state index is 13.5. The average Bonchev–Trinajstić information content (AvgIpc) is 2.93. The van der Waals surface area contributed by atoms with Crippen LogP contribution in [-0.2, 0) is 11.3 Å². The summed E-state index contributed by atoms with van der Waals surface area (Å²) in [4.78, 5) is 22.5. The van der Waals surface area contributed by atoms with Crippen molar-refractivity contribution in [3.63, 3.8) is 0 Å². The van der Waals surface area contributed by atoms with Gasteiger partial charge in [0.1, 0.15) is 12.4 Å². The van der Waals surface area contributed by atoms with Crippen molar-refractivity contribution in [2.75, 3.05) is 5.32 Å². The fraction of sp³-hybridized carbons (Fsp3) is 0.125. The molecule has 8 heteroatoms. The van der Waals surface area contributed by atoms with Gasteiger partial charge in [-0.1, -0.05) is 6.07 Å². The number of carbonyl (C=O) groups is 1. The summed E-state index contributed by atoms with van der Waals surface area (Å²) in [6, 6.07) is 8.72. The Morgan fingerprint density at radius 1 is 1.33 bits per heavy atom. The molecule has 3 aromatic rings. The first kappa shape index (κ1) is 15.6. The van der Waals surface area contributed by atoms with Crippen LogP contribution in [0.25, 0.3) is 10.9 Å². The molecule has 0 aliphatic rings. The maximum Gasteiger partial charge on any atom is 0.271 e. The molecule has 0 aliphatic heterocycles. The summed E-state index contributed by atoms with van der Waals surface area (Å²) in [5, 5.41) is 18.2. The van der Waals surface area contributed by atoms with Gasteiger partial charge in [-0.25, -0.2) is 4.39 Å². The summed E-state index contributed by atoms with van der Waals surface area (Å²) in [5.41, 5.74) is 1.23. The second kappa shape index (κ2) is 6.07. The van der Waals surface area contributed by atoms with Crippen LogP contribution in [-0.4, -0.2) is 20.6 Å². The number of hydrogen-bond donors (Lipinski definition) is 1. The lowest BCUT2D eigenvalue weighted by Gasteiger charge is -2.07. The Hall–Kier alpha value is -3.29. The van der Waals surface area contributed by atoms with Gasteiger partial charge >= 0.3 is 0 Å². The molecule has 24 heavy (non-hydrogen) atoms. The van der Waals surface area contributed by atoms with Gasteiger partial charge in [-0.05, 0) is 30.7 Å². The molecular formula is C16H13FN4O3. The lowest BCUT2D eigenvalue weighted by Crippen LogP contribution is -2.19. The number of aromatic nitrogens is 2. The number of nitrogens with one attached hydrogen (secondary N) is 1. The zero-order valence-electron chi connectivity index (χ0n) is 12.7. The van der Waals surface area contributed by atoms with Gasteiger partial charge in [0.25, 0.3) is 5.69 Å². The van der Waals surface area contributed by atoms with Crippen LogP contribution in [0.15, 0.2) is 42.6 Å². The molecule has 0 saturated carbocycles. The number of nitrogens with zero attached hydrogens (tertiary/aromatic N) is 3. The monoisotopic (exact) mass is 328 g/mol. The van der Waals surface area contributed by atoms with Gasteiger partial charge in [0.2, 0.25) is 5.91 Å². The Morgan fingerprint density at radius 3 is 2.83 bits per heavy atom. The number of carbonyl (C=O) groups excluding carboxylic acids is 1. The number of fused-ring (bicyclic) bond motifs is 1. The summed E-state index contributed by atoms with van der Waals surface area (Å²) in [7, 11) is 0. The molecule has 122 valence electrons. The molecular weight excluding hydrogens is 315 g/mol. The van der Waals surface area contributed by atoms with E-state index in [1.807, 2.05) is 0 Å². The Morgan fingerprint density at radius 2 is 2.12 bits per heavy atom. The first-order valence-corrected chi connectivity index (χ1v) is 7.10. The van der Waals surface area contributed by atoms with Gasteiger partial charge in [-0.15, -0.1) is 0 Å². The number of anilines is 1. The number of amides is 1. The smallest absolute Gasteiger partial charge is 0.271 e. The second-order valence-electron chi connectivity index (χ2n) is 5.31. The van der Waals surface area contributed by atoms with Gasteiger partial charge in [0, 0.05) is 23.2 Å². The van der Waals surface area contributed by atoms with Crippen LogP contribution in [0.2, 0.25) is 0 Å². The fourth-order valence-corrected chi connectivity index (χ4v) is 2.31. The Labute approximate surface area is 135 Å². The van der Waals surface area contributed by atoms with Gasteiger partial charge < -0.3 is 5.32 Å². The van der Waals surface area contributed by atoms with Crippen LogP contribution in [0.3, 0.4) is 0 Å². The van der Waals surface area contributed by atoms with Crippen molar-refractivity contribution in [1.82, 2.24) is 9.78 Å². The summed E-state index contributed by atoms with van der Waals surface area (Å²) in [5.74, 6) is -0.817.